The number of hydrogen-bond acceptors (Lipinski definition) is 5. The molecule has 0 saturated carbocycles. The highest BCUT2D eigenvalue weighted by Crippen LogP contribution is 2.19. The number of benzene rings is 1. The number of nitrogens with zero attached hydrogens (tertiary/aromatic N) is 3. The van der Waals surface area contributed by atoms with E-state index in [0.29, 0.717) is 11.8 Å². The third-order valence-corrected chi connectivity index (χ3v) is 2.93. The van der Waals surface area contributed by atoms with Gasteiger partial charge in [0.05, 0.1) is 0 Å². The van der Waals surface area contributed by atoms with E-state index in [1.54, 1.807) is 12.3 Å². The third-order valence-electron chi connectivity index (χ3n) is 2.93. The minimum Gasteiger partial charge on any atom is -0.384 e. The van der Waals surface area contributed by atoms with Gasteiger partial charge in [0, 0.05) is 30.7 Å². The molecule has 1 heterocycles. The molecule has 0 aliphatic rings. The van der Waals surface area contributed by atoms with Gasteiger partial charge in [-0.25, -0.2) is 4.98 Å². The van der Waals surface area contributed by atoms with E-state index in [0.717, 1.165) is 18.8 Å². The quantitative estimate of drug-likeness (QED) is 0.862. The first kappa shape index (κ1) is 13.1. The molecule has 0 spiro atoms. The molecule has 1 aromatic carbocycles. The van der Waals surface area contributed by atoms with E-state index in [9.17, 15) is 0 Å². The molecule has 100 valence electrons. The molecule has 0 aliphatic heterocycles. The monoisotopic (exact) mass is 257 g/mol. The van der Waals surface area contributed by atoms with Crippen LogP contribution in [0.25, 0.3) is 0 Å². The van der Waals surface area contributed by atoms with Gasteiger partial charge in [0.25, 0.3) is 0 Å². The van der Waals surface area contributed by atoms with Crippen molar-refractivity contribution in [3.8, 4) is 0 Å². The van der Waals surface area contributed by atoms with Gasteiger partial charge in [-0.15, -0.1) is 0 Å². The van der Waals surface area contributed by atoms with Crippen molar-refractivity contribution in [2.75, 3.05) is 29.0 Å². The van der Waals surface area contributed by atoms with Gasteiger partial charge >= 0.3 is 0 Å². The lowest BCUT2D eigenvalue weighted by Crippen LogP contribution is -2.21. The summed E-state index contributed by atoms with van der Waals surface area (Å²) in [4.78, 5) is 10.5. The Bertz CT molecular complexity index is 520. The highest BCUT2D eigenvalue weighted by Gasteiger charge is 2.02. The number of rotatable bonds is 5. The van der Waals surface area contributed by atoms with Crippen LogP contribution in [0.3, 0.4) is 0 Å². The van der Waals surface area contributed by atoms with Crippen LogP contribution in [-0.2, 0) is 0 Å². The molecule has 0 amide bonds. The Labute approximate surface area is 113 Å². The molecule has 5 nitrogen and oxygen atoms in total. The normalized spacial score (nSPS) is 10.2. The molecule has 3 N–H and O–H groups in total. The average molecular weight is 257 g/mol. The van der Waals surface area contributed by atoms with E-state index in [1.807, 2.05) is 12.1 Å². The molecular weight excluding hydrogens is 238 g/mol. The van der Waals surface area contributed by atoms with Crippen LogP contribution in [0.1, 0.15) is 13.8 Å². The first-order chi connectivity index (χ1) is 9.22. The zero-order valence-corrected chi connectivity index (χ0v) is 11.3. The molecule has 0 radical (unpaired) electrons. The summed E-state index contributed by atoms with van der Waals surface area (Å²) in [6.07, 6.45) is 1.63. The minimum absolute atomic E-state index is 0.456. The van der Waals surface area contributed by atoms with Crippen molar-refractivity contribution in [1.29, 1.82) is 0 Å². The molecule has 2 aromatic rings. The SMILES string of the molecule is CCN(CC)c1ccc(Nc2nccc(N)n2)cc1. The fraction of sp³-hybridized carbons (Fsp3) is 0.286. The first-order valence-corrected chi connectivity index (χ1v) is 6.43. The molecule has 0 saturated heterocycles. The van der Waals surface area contributed by atoms with Crippen LogP contribution in [0.2, 0.25) is 0 Å². The fourth-order valence-electron chi connectivity index (χ4n) is 1.91. The second kappa shape index (κ2) is 6.04. The van der Waals surface area contributed by atoms with Crippen molar-refractivity contribution in [3.63, 3.8) is 0 Å². The van der Waals surface area contributed by atoms with E-state index in [-0.39, 0.29) is 0 Å². The maximum atomic E-state index is 5.61. The Balaban J connectivity index is 2.10. The molecule has 5 heteroatoms. The molecule has 0 atom stereocenters. The summed E-state index contributed by atoms with van der Waals surface area (Å²) in [5, 5.41) is 3.13. The van der Waals surface area contributed by atoms with Gasteiger partial charge in [-0.05, 0) is 44.2 Å². The van der Waals surface area contributed by atoms with Crippen LogP contribution < -0.4 is 16.0 Å². The number of hydrogen-bond donors (Lipinski definition) is 2. The van der Waals surface area contributed by atoms with Gasteiger partial charge in [-0.2, -0.15) is 4.98 Å². The zero-order valence-electron chi connectivity index (χ0n) is 11.3. The molecular formula is C14H19N5. The standard InChI is InChI=1S/C14H19N5/c1-3-19(4-2)12-7-5-11(6-8-12)17-14-16-10-9-13(15)18-14/h5-10H,3-4H2,1-2H3,(H3,15,16,17,18). The van der Waals surface area contributed by atoms with Crippen LogP contribution in [-0.4, -0.2) is 23.1 Å². The lowest BCUT2D eigenvalue weighted by molar-refractivity contribution is 0.866. The Morgan fingerprint density at radius 2 is 1.79 bits per heavy atom. The van der Waals surface area contributed by atoms with Crippen molar-refractivity contribution < 1.29 is 0 Å². The minimum atomic E-state index is 0.456. The molecule has 0 unspecified atom stereocenters. The van der Waals surface area contributed by atoms with Gasteiger partial charge < -0.3 is 16.0 Å². The topological polar surface area (TPSA) is 67.1 Å². The van der Waals surface area contributed by atoms with E-state index >= 15 is 0 Å². The third kappa shape index (κ3) is 3.34. The summed E-state index contributed by atoms with van der Waals surface area (Å²) >= 11 is 0. The van der Waals surface area contributed by atoms with Crippen LogP contribution in [0, 0.1) is 0 Å². The average Bonchev–Trinajstić information content (AvgIpc) is 2.42. The van der Waals surface area contributed by atoms with Crippen molar-refractivity contribution in [3.05, 3.63) is 36.5 Å². The molecule has 19 heavy (non-hydrogen) atoms. The van der Waals surface area contributed by atoms with Crippen LogP contribution >= 0.6 is 0 Å². The van der Waals surface area contributed by atoms with Crippen molar-refractivity contribution in [1.82, 2.24) is 9.97 Å². The second-order valence-electron chi connectivity index (χ2n) is 4.15. The van der Waals surface area contributed by atoms with E-state index in [1.165, 1.54) is 5.69 Å². The summed E-state index contributed by atoms with van der Waals surface area (Å²) in [5.74, 6) is 0.966. The van der Waals surface area contributed by atoms with Gasteiger partial charge in [-0.1, -0.05) is 0 Å². The van der Waals surface area contributed by atoms with E-state index < -0.39 is 0 Å². The van der Waals surface area contributed by atoms with E-state index in [2.05, 4.69) is 46.2 Å². The van der Waals surface area contributed by atoms with E-state index in [4.69, 9.17) is 5.73 Å². The maximum Gasteiger partial charge on any atom is 0.229 e. The predicted molar refractivity (Wildman–Crippen MR) is 79.7 cm³/mol. The van der Waals surface area contributed by atoms with Gasteiger partial charge in [0.15, 0.2) is 0 Å². The first-order valence-electron chi connectivity index (χ1n) is 6.43. The van der Waals surface area contributed by atoms with Crippen molar-refractivity contribution in [2.45, 2.75) is 13.8 Å². The Kier molecular flexibility index (Phi) is 4.18. The molecule has 1 aromatic heterocycles. The predicted octanol–water partition coefficient (Wildman–Crippen LogP) is 2.65. The highest BCUT2D eigenvalue weighted by atomic mass is 15.1. The summed E-state index contributed by atoms with van der Waals surface area (Å²) < 4.78 is 0. The number of anilines is 4. The molecule has 2 rings (SSSR count). The lowest BCUT2D eigenvalue weighted by Gasteiger charge is -2.21. The Morgan fingerprint density at radius 3 is 2.37 bits per heavy atom. The highest BCUT2D eigenvalue weighted by molar-refractivity contribution is 5.59. The summed E-state index contributed by atoms with van der Waals surface area (Å²) in [5.41, 5.74) is 7.77. The number of nitrogens with two attached hydrogens (primary N) is 1. The van der Waals surface area contributed by atoms with Crippen molar-refractivity contribution >= 4 is 23.1 Å². The fourth-order valence-corrected chi connectivity index (χ4v) is 1.91. The Hall–Kier alpha value is -2.30. The molecule has 0 aliphatic carbocycles. The van der Waals surface area contributed by atoms with Crippen molar-refractivity contribution in [2.24, 2.45) is 0 Å². The van der Waals surface area contributed by atoms with Gasteiger partial charge in [0.1, 0.15) is 5.82 Å². The second-order valence-corrected chi connectivity index (χ2v) is 4.15. The number of nitrogen functional groups attached to an aromatic ring is 1. The number of aromatic nitrogens is 2. The smallest absolute Gasteiger partial charge is 0.229 e. The van der Waals surface area contributed by atoms with Gasteiger partial charge in [-0.3, -0.25) is 0 Å². The summed E-state index contributed by atoms with van der Waals surface area (Å²) in [6, 6.07) is 9.86. The van der Waals surface area contributed by atoms with Crippen LogP contribution in [0.15, 0.2) is 36.5 Å². The Morgan fingerprint density at radius 1 is 1.11 bits per heavy atom. The summed E-state index contributed by atoms with van der Waals surface area (Å²) in [6.45, 7) is 6.30. The molecule has 0 bridgehead atoms. The zero-order chi connectivity index (χ0) is 13.7. The van der Waals surface area contributed by atoms with Crippen LogP contribution in [0.5, 0.6) is 0 Å². The van der Waals surface area contributed by atoms with Gasteiger partial charge in [0.2, 0.25) is 5.95 Å². The molecule has 0 fully saturated rings. The number of nitrogens with one attached hydrogen (secondary N) is 1. The largest absolute Gasteiger partial charge is 0.384 e. The van der Waals surface area contributed by atoms with Crippen LogP contribution in [0.4, 0.5) is 23.1 Å². The summed E-state index contributed by atoms with van der Waals surface area (Å²) in [7, 11) is 0. The lowest BCUT2D eigenvalue weighted by atomic mass is 10.2. The maximum absolute atomic E-state index is 5.61.